The monoisotopic (exact) mass is 318 g/mol. The molecule has 0 aliphatic carbocycles. The van der Waals surface area contributed by atoms with Crippen LogP contribution < -0.4 is 10.6 Å². The highest BCUT2D eigenvalue weighted by Gasteiger charge is 2.29. The Morgan fingerprint density at radius 3 is 2.79 bits per heavy atom. The zero-order valence-corrected chi connectivity index (χ0v) is 12.9. The van der Waals surface area contributed by atoms with Gasteiger partial charge in [0, 0.05) is 28.9 Å². The zero-order chi connectivity index (χ0) is 14.2. The maximum absolute atomic E-state index is 11.6. The Morgan fingerprint density at radius 1 is 1.53 bits per heavy atom. The van der Waals surface area contributed by atoms with E-state index in [4.69, 9.17) is 29.6 Å². The number of rotatable bonds is 2. The van der Waals surface area contributed by atoms with Crippen LogP contribution in [0.1, 0.15) is 12.5 Å². The molecular formula is C12H15ClN2O2S2. The predicted octanol–water partition coefficient (Wildman–Crippen LogP) is 1.60. The van der Waals surface area contributed by atoms with E-state index in [9.17, 15) is 8.42 Å². The molecule has 2 rings (SSSR count). The Kier molecular flexibility index (Phi) is 4.03. The van der Waals surface area contributed by atoms with Crippen molar-refractivity contribution in [1.29, 1.82) is 0 Å². The number of hydrogen-bond donors (Lipinski definition) is 1. The lowest BCUT2D eigenvalue weighted by Crippen LogP contribution is -2.47. The summed E-state index contributed by atoms with van der Waals surface area (Å²) < 4.78 is 23.2. The highest BCUT2D eigenvalue weighted by molar-refractivity contribution is 7.91. The minimum atomic E-state index is -2.95. The normalized spacial score (nSPS) is 22.2. The molecule has 0 amide bonds. The van der Waals surface area contributed by atoms with E-state index in [1.165, 1.54) is 0 Å². The third kappa shape index (κ3) is 3.19. The average molecular weight is 319 g/mol. The van der Waals surface area contributed by atoms with E-state index >= 15 is 0 Å². The smallest absolute Gasteiger partial charge is 0.154 e. The second kappa shape index (κ2) is 5.26. The van der Waals surface area contributed by atoms with Crippen molar-refractivity contribution in [3.8, 4) is 0 Å². The Balaban J connectivity index is 2.40. The second-order valence-corrected chi connectivity index (χ2v) is 7.79. The van der Waals surface area contributed by atoms with Gasteiger partial charge in [-0.1, -0.05) is 23.8 Å². The summed E-state index contributed by atoms with van der Waals surface area (Å²) in [6.07, 6.45) is 0. The summed E-state index contributed by atoms with van der Waals surface area (Å²) in [6, 6.07) is 5.21. The molecule has 1 atom stereocenters. The fraction of sp³-hybridized carbons (Fsp3) is 0.417. The van der Waals surface area contributed by atoms with Crippen molar-refractivity contribution in [3.05, 3.63) is 28.8 Å². The molecule has 1 heterocycles. The molecule has 1 aromatic rings. The van der Waals surface area contributed by atoms with E-state index in [-0.39, 0.29) is 22.5 Å². The van der Waals surface area contributed by atoms with Gasteiger partial charge in [-0.05, 0) is 25.1 Å². The Bertz CT molecular complexity index is 616. The minimum Gasteiger partial charge on any atom is -0.389 e. The Labute approximate surface area is 123 Å². The first-order valence-electron chi connectivity index (χ1n) is 5.86. The molecule has 7 heteroatoms. The molecule has 0 aromatic heterocycles. The van der Waals surface area contributed by atoms with Crippen LogP contribution in [0.5, 0.6) is 0 Å². The predicted molar refractivity (Wildman–Crippen MR) is 82.8 cm³/mol. The Hall–Kier alpha value is -0.850. The lowest BCUT2D eigenvalue weighted by molar-refractivity contribution is 0.568. The summed E-state index contributed by atoms with van der Waals surface area (Å²) in [4.78, 5) is 2.28. The number of thiocarbonyl (C=S) groups is 1. The molecule has 1 aromatic carbocycles. The molecule has 0 radical (unpaired) electrons. The molecule has 1 unspecified atom stereocenters. The van der Waals surface area contributed by atoms with Crippen molar-refractivity contribution >= 4 is 44.3 Å². The van der Waals surface area contributed by atoms with Crippen LogP contribution in [0, 0.1) is 0 Å². The molecule has 1 fully saturated rings. The average Bonchev–Trinajstić information content (AvgIpc) is 2.28. The second-order valence-electron chi connectivity index (χ2n) is 4.68. The van der Waals surface area contributed by atoms with Crippen LogP contribution in [0.2, 0.25) is 5.02 Å². The van der Waals surface area contributed by atoms with E-state index in [0.29, 0.717) is 17.1 Å². The number of halogens is 1. The molecule has 0 bridgehead atoms. The van der Waals surface area contributed by atoms with Crippen molar-refractivity contribution in [2.75, 3.05) is 23.0 Å². The summed E-state index contributed by atoms with van der Waals surface area (Å²) in [5.41, 5.74) is 7.25. The SMILES string of the molecule is CC1CS(=O)(=O)CCN1c1ccc(Cl)cc1C(N)=S. The first-order valence-corrected chi connectivity index (χ1v) is 8.47. The van der Waals surface area contributed by atoms with Gasteiger partial charge in [0.15, 0.2) is 9.84 Å². The fourth-order valence-corrected chi connectivity index (χ4v) is 4.20. The largest absolute Gasteiger partial charge is 0.389 e. The number of sulfone groups is 1. The van der Waals surface area contributed by atoms with Gasteiger partial charge < -0.3 is 10.6 Å². The van der Waals surface area contributed by atoms with Gasteiger partial charge in [0.25, 0.3) is 0 Å². The molecule has 2 N–H and O–H groups in total. The zero-order valence-electron chi connectivity index (χ0n) is 10.5. The summed E-state index contributed by atoms with van der Waals surface area (Å²) in [6.45, 7) is 2.33. The maximum atomic E-state index is 11.6. The van der Waals surface area contributed by atoms with Gasteiger partial charge in [0.2, 0.25) is 0 Å². The molecule has 1 aliphatic rings. The summed E-state index contributed by atoms with van der Waals surface area (Å²) in [7, 11) is -2.95. The van der Waals surface area contributed by atoms with E-state index < -0.39 is 9.84 Å². The highest BCUT2D eigenvalue weighted by Crippen LogP contribution is 2.28. The summed E-state index contributed by atoms with van der Waals surface area (Å²) in [5.74, 6) is 0.295. The molecule has 1 aliphatic heterocycles. The molecule has 1 saturated heterocycles. The topological polar surface area (TPSA) is 63.4 Å². The van der Waals surface area contributed by atoms with E-state index in [2.05, 4.69) is 0 Å². The van der Waals surface area contributed by atoms with Crippen molar-refractivity contribution in [3.63, 3.8) is 0 Å². The highest BCUT2D eigenvalue weighted by atomic mass is 35.5. The molecule has 104 valence electrons. The number of benzene rings is 1. The van der Waals surface area contributed by atoms with Gasteiger partial charge in [-0.25, -0.2) is 8.42 Å². The lowest BCUT2D eigenvalue weighted by atomic mass is 10.1. The van der Waals surface area contributed by atoms with Crippen LogP contribution in [0.15, 0.2) is 18.2 Å². The van der Waals surface area contributed by atoms with Gasteiger partial charge in [0.1, 0.15) is 4.99 Å². The van der Waals surface area contributed by atoms with Crippen molar-refractivity contribution in [1.82, 2.24) is 0 Å². The first kappa shape index (κ1) is 14.6. The Morgan fingerprint density at radius 2 is 2.21 bits per heavy atom. The van der Waals surface area contributed by atoms with E-state index in [1.54, 1.807) is 12.1 Å². The van der Waals surface area contributed by atoms with Crippen LogP contribution in [-0.2, 0) is 9.84 Å². The third-order valence-electron chi connectivity index (χ3n) is 3.20. The van der Waals surface area contributed by atoms with Crippen molar-refractivity contribution in [2.45, 2.75) is 13.0 Å². The van der Waals surface area contributed by atoms with Gasteiger partial charge in [-0.15, -0.1) is 0 Å². The third-order valence-corrected chi connectivity index (χ3v) is 5.45. The standard InChI is InChI=1S/C12H15ClN2O2S2/c1-8-7-19(16,17)5-4-15(8)11-3-2-9(13)6-10(11)12(14)18/h2-3,6,8H,4-5,7H2,1H3,(H2,14,18). The number of nitrogens with two attached hydrogens (primary N) is 1. The van der Waals surface area contributed by atoms with Crippen LogP contribution in [-0.4, -0.2) is 37.5 Å². The van der Waals surface area contributed by atoms with E-state index in [0.717, 1.165) is 5.69 Å². The van der Waals surface area contributed by atoms with Crippen molar-refractivity contribution in [2.24, 2.45) is 5.73 Å². The fourth-order valence-electron chi connectivity index (χ4n) is 2.31. The molecular weight excluding hydrogens is 304 g/mol. The van der Waals surface area contributed by atoms with Crippen LogP contribution >= 0.6 is 23.8 Å². The van der Waals surface area contributed by atoms with Gasteiger partial charge in [-0.2, -0.15) is 0 Å². The molecule has 0 spiro atoms. The van der Waals surface area contributed by atoms with Gasteiger partial charge in [0.05, 0.1) is 11.5 Å². The van der Waals surface area contributed by atoms with Crippen LogP contribution in [0.3, 0.4) is 0 Å². The summed E-state index contributed by atoms with van der Waals surface area (Å²) >= 11 is 11.0. The van der Waals surface area contributed by atoms with Gasteiger partial charge >= 0.3 is 0 Å². The first-order chi connectivity index (χ1) is 8.80. The number of nitrogens with zero attached hydrogens (tertiary/aromatic N) is 1. The van der Waals surface area contributed by atoms with Crippen LogP contribution in [0.25, 0.3) is 0 Å². The quantitative estimate of drug-likeness (QED) is 0.839. The van der Waals surface area contributed by atoms with Crippen molar-refractivity contribution < 1.29 is 8.42 Å². The van der Waals surface area contributed by atoms with Gasteiger partial charge in [-0.3, -0.25) is 0 Å². The van der Waals surface area contributed by atoms with Crippen LogP contribution in [0.4, 0.5) is 5.69 Å². The summed E-state index contributed by atoms with van der Waals surface area (Å²) in [5, 5.41) is 0.559. The molecule has 0 saturated carbocycles. The van der Waals surface area contributed by atoms with E-state index in [1.807, 2.05) is 17.9 Å². The minimum absolute atomic E-state index is 0.104. The maximum Gasteiger partial charge on any atom is 0.154 e. The number of anilines is 1. The lowest BCUT2D eigenvalue weighted by Gasteiger charge is -2.36. The molecule has 4 nitrogen and oxygen atoms in total. The molecule has 19 heavy (non-hydrogen) atoms. The number of hydrogen-bond acceptors (Lipinski definition) is 4.